The van der Waals surface area contributed by atoms with Gasteiger partial charge in [-0.2, -0.15) is 0 Å². The van der Waals surface area contributed by atoms with Crippen LogP contribution in [0.1, 0.15) is 38.5 Å². The largest absolute Gasteiger partial charge is 0.390 e. The highest BCUT2D eigenvalue weighted by Gasteiger charge is 2.32. The predicted molar refractivity (Wildman–Crippen MR) is 80.6 cm³/mol. The summed E-state index contributed by atoms with van der Waals surface area (Å²) >= 11 is 0. The third kappa shape index (κ3) is 4.69. The van der Waals surface area contributed by atoms with Crippen LogP contribution in [0.3, 0.4) is 0 Å². The Hall–Kier alpha value is -0.170. The molecule has 0 bridgehead atoms. The van der Waals surface area contributed by atoms with Crippen LogP contribution >= 0.6 is 0 Å². The molecule has 5 nitrogen and oxygen atoms in total. The van der Waals surface area contributed by atoms with E-state index >= 15 is 0 Å². The molecule has 2 fully saturated rings. The van der Waals surface area contributed by atoms with Gasteiger partial charge in [0.2, 0.25) is 0 Å². The van der Waals surface area contributed by atoms with Crippen LogP contribution in [0, 0.1) is 0 Å². The van der Waals surface area contributed by atoms with Gasteiger partial charge in [-0.1, -0.05) is 12.8 Å². The molecule has 0 amide bonds. The first-order chi connectivity index (χ1) is 9.47. The van der Waals surface area contributed by atoms with Crippen molar-refractivity contribution in [3.63, 3.8) is 0 Å². The molecule has 1 aliphatic carbocycles. The van der Waals surface area contributed by atoms with Gasteiger partial charge in [-0.25, -0.2) is 8.42 Å². The summed E-state index contributed by atoms with van der Waals surface area (Å²) in [7, 11) is -3.00. The Morgan fingerprint density at radius 1 is 1.20 bits per heavy atom. The Balaban J connectivity index is 1.78. The van der Waals surface area contributed by atoms with Gasteiger partial charge in [0, 0.05) is 25.4 Å². The second-order valence-corrected chi connectivity index (χ2v) is 8.59. The molecule has 20 heavy (non-hydrogen) atoms. The lowest BCUT2D eigenvalue weighted by Crippen LogP contribution is -2.49. The first kappa shape index (κ1) is 16.2. The molecule has 3 unspecified atom stereocenters. The molecule has 0 aromatic heterocycles. The van der Waals surface area contributed by atoms with E-state index < -0.39 is 15.9 Å². The summed E-state index contributed by atoms with van der Waals surface area (Å²) in [6.07, 6.45) is 7.08. The van der Waals surface area contributed by atoms with Crippen LogP contribution in [0.4, 0.5) is 0 Å². The third-order valence-electron chi connectivity index (χ3n) is 4.54. The molecule has 1 saturated carbocycles. The average Bonchev–Trinajstić information content (AvgIpc) is 2.88. The number of aliphatic hydroxyl groups excluding tert-OH is 1. The van der Waals surface area contributed by atoms with Gasteiger partial charge in [0.05, 0.1) is 11.4 Å². The standard InChI is InChI=1S/C14H28N2O3S/c1-20(18,19)14-7-3-2-6-13(14)15-10-12(17)11-16-8-4-5-9-16/h12-15,17H,2-11H2,1H3. The normalized spacial score (nSPS) is 30.5. The van der Waals surface area contributed by atoms with Crippen molar-refractivity contribution in [1.82, 2.24) is 10.2 Å². The first-order valence-electron chi connectivity index (χ1n) is 7.79. The van der Waals surface area contributed by atoms with Gasteiger partial charge in [0.15, 0.2) is 9.84 Å². The molecular formula is C14H28N2O3S. The molecule has 1 heterocycles. The molecule has 3 atom stereocenters. The van der Waals surface area contributed by atoms with Crippen molar-refractivity contribution in [2.45, 2.75) is 55.9 Å². The topological polar surface area (TPSA) is 69.6 Å². The van der Waals surface area contributed by atoms with Crippen LogP contribution < -0.4 is 5.32 Å². The molecule has 0 radical (unpaired) electrons. The number of likely N-dealkylation sites (tertiary alicyclic amines) is 1. The lowest BCUT2D eigenvalue weighted by atomic mass is 9.95. The zero-order valence-electron chi connectivity index (χ0n) is 12.4. The molecule has 6 heteroatoms. The number of rotatable bonds is 6. The molecule has 2 aliphatic rings. The maximum atomic E-state index is 11.8. The monoisotopic (exact) mass is 304 g/mol. The van der Waals surface area contributed by atoms with Gasteiger partial charge in [-0.3, -0.25) is 0 Å². The number of β-amino-alcohol motifs (C(OH)–C–C–N with tert-alkyl or cyclic N) is 1. The minimum absolute atomic E-state index is 0.00646. The van der Waals surface area contributed by atoms with E-state index in [4.69, 9.17) is 0 Å². The molecular weight excluding hydrogens is 276 g/mol. The van der Waals surface area contributed by atoms with E-state index in [1.165, 1.54) is 19.1 Å². The van der Waals surface area contributed by atoms with Gasteiger partial charge in [0.1, 0.15) is 0 Å². The van der Waals surface area contributed by atoms with Crippen molar-refractivity contribution in [3.8, 4) is 0 Å². The Bertz CT molecular complexity index is 393. The van der Waals surface area contributed by atoms with Gasteiger partial charge < -0.3 is 15.3 Å². The van der Waals surface area contributed by atoms with Crippen molar-refractivity contribution in [2.24, 2.45) is 0 Å². The summed E-state index contributed by atoms with van der Waals surface area (Å²) in [4.78, 5) is 2.28. The number of hydrogen-bond acceptors (Lipinski definition) is 5. The summed E-state index contributed by atoms with van der Waals surface area (Å²) in [5, 5.41) is 13.1. The molecule has 0 spiro atoms. The summed E-state index contributed by atoms with van der Waals surface area (Å²) in [6, 6.07) is 0.00646. The summed E-state index contributed by atoms with van der Waals surface area (Å²) in [6.45, 7) is 3.34. The molecule has 2 N–H and O–H groups in total. The van der Waals surface area contributed by atoms with E-state index in [0.29, 0.717) is 13.1 Å². The highest BCUT2D eigenvalue weighted by atomic mass is 32.2. The number of aliphatic hydroxyl groups is 1. The van der Waals surface area contributed by atoms with Crippen molar-refractivity contribution < 1.29 is 13.5 Å². The van der Waals surface area contributed by atoms with E-state index in [9.17, 15) is 13.5 Å². The first-order valence-corrected chi connectivity index (χ1v) is 9.75. The SMILES string of the molecule is CS(=O)(=O)C1CCCCC1NCC(O)CN1CCCC1. The number of nitrogens with one attached hydrogen (secondary N) is 1. The van der Waals surface area contributed by atoms with Crippen molar-refractivity contribution in [2.75, 3.05) is 32.4 Å². The summed E-state index contributed by atoms with van der Waals surface area (Å²) in [5.41, 5.74) is 0. The lowest BCUT2D eigenvalue weighted by Gasteiger charge is -2.32. The fraction of sp³-hybridized carbons (Fsp3) is 1.00. The molecule has 1 aliphatic heterocycles. The van der Waals surface area contributed by atoms with Crippen LogP contribution in [-0.4, -0.2) is 68.3 Å². The Morgan fingerprint density at radius 2 is 1.85 bits per heavy atom. The van der Waals surface area contributed by atoms with E-state index in [0.717, 1.165) is 38.8 Å². The van der Waals surface area contributed by atoms with E-state index in [2.05, 4.69) is 10.2 Å². The Labute approximate surface area is 122 Å². The van der Waals surface area contributed by atoms with Gasteiger partial charge in [-0.05, 0) is 38.8 Å². The smallest absolute Gasteiger partial charge is 0.151 e. The fourth-order valence-electron chi connectivity index (χ4n) is 3.46. The predicted octanol–water partition coefficient (Wildman–Crippen LogP) is 0.389. The second-order valence-electron chi connectivity index (χ2n) is 6.33. The quantitative estimate of drug-likeness (QED) is 0.743. The average molecular weight is 304 g/mol. The second kappa shape index (κ2) is 7.20. The summed E-state index contributed by atoms with van der Waals surface area (Å²) in [5.74, 6) is 0. The number of nitrogens with zero attached hydrogens (tertiary/aromatic N) is 1. The van der Waals surface area contributed by atoms with Gasteiger partial charge >= 0.3 is 0 Å². The number of sulfone groups is 1. The highest BCUT2D eigenvalue weighted by Crippen LogP contribution is 2.24. The van der Waals surface area contributed by atoms with Gasteiger partial charge in [-0.15, -0.1) is 0 Å². The fourth-order valence-corrected chi connectivity index (χ4v) is 4.88. The minimum Gasteiger partial charge on any atom is -0.390 e. The third-order valence-corrected chi connectivity index (χ3v) is 6.20. The van der Waals surface area contributed by atoms with Crippen molar-refractivity contribution >= 4 is 9.84 Å². The Morgan fingerprint density at radius 3 is 2.50 bits per heavy atom. The van der Waals surface area contributed by atoms with E-state index in [1.54, 1.807) is 0 Å². The zero-order chi connectivity index (χ0) is 14.6. The lowest BCUT2D eigenvalue weighted by molar-refractivity contribution is 0.118. The zero-order valence-corrected chi connectivity index (χ0v) is 13.2. The van der Waals surface area contributed by atoms with Crippen LogP contribution in [0.15, 0.2) is 0 Å². The molecule has 0 aromatic carbocycles. The van der Waals surface area contributed by atoms with E-state index in [1.807, 2.05) is 0 Å². The maximum Gasteiger partial charge on any atom is 0.151 e. The van der Waals surface area contributed by atoms with Crippen LogP contribution in [0.25, 0.3) is 0 Å². The Kier molecular flexibility index (Phi) is 5.84. The molecule has 0 aromatic rings. The maximum absolute atomic E-state index is 11.8. The number of hydrogen-bond donors (Lipinski definition) is 2. The molecule has 2 rings (SSSR count). The van der Waals surface area contributed by atoms with E-state index in [-0.39, 0.29) is 11.3 Å². The molecule has 1 saturated heterocycles. The van der Waals surface area contributed by atoms with Crippen LogP contribution in [-0.2, 0) is 9.84 Å². The molecule has 118 valence electrons. The van der Waals surface area contributed by atoms with Gasteiger partial charge in [0.25, 0.3) is 0 Å². The minimum atomic E-state index is -3.00. The summed E-state index contributed by atoms with van der Waals surface area (Å²) < 4.78 is 23.6. The van der Waals surface area contributed by atoms with Crippen LogP contribution in [0.5, 0.6) is 0 Å². The van der Waals surface area contributed by atoms with Crippen molar-refractivity contribution in [1.29, 1.82) is 0 Å². The highest BCUT2D eigenvalue weighted by molar-refractivity contribution is 7.91. The van der Waals surface area contributed by atoms with Crippen molar-refractivity contribution in [3.05, 3.63) is 0 Å². The van der Waals surface area contributed by atoms with Crippen LogP contribution in [0.2, 0.25) is 0 Å².